The summed E-state index contributed by atoms with van der Waals surface area (Å²) < 4.78 is 13.5. The second-order valence-corrected chi connectivity index (χ2v) is 6.20. The zero-order valence-corrected chi connectivity index (χ0v) is 16.6. The molecule has 0 radical (unpaired) electrons. The molecule has 0 unspecified atom stereocenters. The van der Waals surface area contributed by atoms with Gasteiger partial charge in [0.2, 0.25) is 0 Å². The van der Waals surface area contributed by atoms with Gasteiger partial charge in [-0.05, 0) is 45.8 Å². The minimum Gasteiger partial charge on any atom is -0.453 e. The van der Waals surface area contributed by atoms with Gasteiger partial charge in [-0.3, -0.25) is 0 Å². The van der Waals surface area contributed by atoms with Crippen molar-refractivity contribution in [3.8, 4) is 0 Å². The highest BCUT2D eigenvalue weighted by Gasteiger charge is 2.17. The van der Waals surface area contributed by atoms with E-state index in [0.717, 1.165) is 12.8 Å². The van der Waals surface area contributed by atoms with E-state index in [2.05, 4.69) is 36.0 Å². The lowest BCUT2D eigenvalue weighted by atomic mass is 10.3. The van der Waals surface area contributed by atoms with E-state index in [1.165, 1.54) is 18.2 Å². The maximum Gasteiger partial charge on any atom is 0.357 e. The van der Waals surface area contributed by atoms with Crippen LogP contribution in [0.5, 0.6) is 0 Å². The first-order valence-electron chi connectivity index (χ1n) is 9.43. The van der Waals surface area contributed by atoms with E-state index >= 15 is 0 Å². The predicted octanol–water partition coefficient (Wildman–Crippen LogP) is 0.589. The highest BCUT2D eigenvalue weighted by Crippen LogP contribution is 2.07. The van der Waals surface area contributed by atoms with Gasteiger partial charge in [-0.25, -0.2) is 23.9 Å². The van der Waals surface area contributed by atoms with Crippen molar-refractivity contribution in [3.05, 3.63) is 41.2 Å². The van der Waals surface area contributed by atoms with Crippen LogP contribution in [0.15, 0.2) is 18.2 Å². The minimum absolute atomic E-state index is 0.0326. The zero-order valence-electron chi connectivity index (χ0n) is 16.6. The maximum absolute atomic E-state index is 12.3. The fourth-order valence-electron chi connectivity index (χ4n) is 2.49. The number of tetrazole rings is 2. The van der Waals surface area contributed by atoms with Crippen LogP contribution < -0.4 is 0 Å². The lowest BCUT2D eigenvalue weighted by Crippen LogP contribution is -2.15. The summed E-state index contributed by atoms with van der Waals surface area (Å²) in [6.07, 6.45) is 1.67. The molecule has 0 atom stereocenters. The lowest BCUT2D eigenvalue weighted by molar-refractivity contribution is 0.0440. The van der Waals surface area contributed by atoms with Crippen LogP contribution in [0.3, 0.4) is 0 Å². The van der Waals surface area contributed by atoms with Crippen molar-refractivity contribution in [3.63, 3.8) is 0 Å². The van der Waals surface area contributed by atoms with Crippen LogP contribution >= 0.6 is 0 Å². The number of hydrogen-bond donors (Lipinski definition) is 0. The van der Waals surface area contributed by atoms with E-state index in [1.54, 1.807) is 9.36 Å². The molecule has 0 saturated heterocycles. The number of hydrogen-bond acceptors (Lipinski definition) is 11. The Bertz CT molecular complexity index is 925. The molecule has 30 heavy (non-hydrogen) atoms. The first-order valence-corrected chi connectivity index (χ1v) is 9.43. The normalized spacial score (nSPS) is 10.7. The van der Waals surface area contributed by atoms with Crippen LogP contribution in [0.25, 0.3) is 0 Å². The van der Waals surface area contributed by atoms with E-state index in [0.29, 0.717) is 24.7 Å². The molecule has 3 heterocycles. The van der Waals surface area contributed by atoms with Crippen molar-refractivity contribution in [2.75, 3.05) is 0 Å². The number of aryl methyl sites for hydroxylation is 2. The Labute approximate surface area is 171 Å². The van der Waals surface area contributed by atoms with E-state index < -0.39 is 11.9 Å². The molecule has 0 N–H and O–H groups in total. The molecule has 0 aliphatic heterocycles. The average molecular weight is 415 g/mol. The van der Waals surface area contributed by atoms with E-state index in [9.17, 15) is 9.59 Å². The molecule has 3 aromatic rings. The third kappa shape index (κ3) is 5.18. The van der Waals surface area contributed by atoms with Gasteiger partial charge in [0.1, 0.15) is 11.4 Å². The number of carbonyl (C=O) groups excluding carboxylic acids is 2. The second-order valence-electron chi connectivity index (χ2n) is 6.20. The van der Waals surface area contributed by atoms with E-state index in [1.807, 2.05) is 13.8 Å². The molecular weight excluding hydrogens is 394 g/mol. The molecule has 0 amide bonds. The smallest absolute Gasteiger partial charge is 0.357 e. The maximum atomic E-state index is 12.3. The van der Waals surface area contributed by atoms with Gasteiger partial charge < -0.3 is 9.47 Å². The molecular formula is C17H21N9O4. The summed E-state index contributed by atoms with van der Waals surface area (Å²) in [5.74, 6) is -0.568. The van der Waals surface area contributed by atoms with Crippen molar-refractivity contribution in [2.45, 2.75) is 53.0 Å². The number of carbonyl (C=O) groups is 2. The van der Waals surface area contributed by atoms with E-state index in [4.69, 9.17) is 9.47 Å². The van der Waals surface area contributed by atoms with Gasteiger partial charge >= 0.3 is 11.9 Å². The van der Waals surface area contributed by atoms with Crippen molar-refractivity contribution in [1.82, 2.24) is 45.4 Å². The van der Waals surface area contributed by atoms with Crippen LogP contribution in [0, 0.1) is 0 Å². The zero-order chi connectivity index (χ0) is 21.3. The van der Waals surface area contributed by atoms with Gasteiger partial charge in [0.05, 0.1) is 0 Å². The topological polar surface area (TPSA) is 153 Å². The third-order valence-electron chi connectivity index (χ3n) is 3.92. The highest BCUT2D eigenvalue weighted by molar-refractivity contribution is 5.91. The summed E-state index contributed by atoms with van der Waals surface area (Å²) in [4.78, 5) is 28.6. The van der Waals surface area contributed by atoms with Crippen molar-refractivity contribution in [1.29, 1.82) is 0 Å². The number of esters is 2. The Balaban J connectivity index is 1.59. The van der Waals surface area contributed by atoms with Crippen LogP contribution in [0.4, 0.5) is 0 Å². The molecule has 3 rings (SSSR count). The highest BCUT2D eigenvalue weighted by atomic mass is 16.5. The van der Waals surface area contributed by atoms with Gasteiger partial charge in [-0.2, -0.15) is 0 Å². The molecule has 158 valence electrons. The van der Waals surface area contributed by atoms with Crippen LogP contribution in [-0.2, 0) is 35.8 Å². The van der Waals surface area contributed by atoms with Gasteiger partial charge in [0, 0.05) is 13.1 Å². The Morgan fingerprint density at radius 1 is 0.833 bits per heavy atom. The number of ether oxygens (including phenoxy) is 2. The molecule has 0 spiro atoms. The van der Waals surface area contributed by atoms with Gasteiger partial charge in [0.25, 0.3) is 0 Å². The van der Waals surface area contributed by atoms with Crippen LogP contribution in [0.1, 0.15) is 59.3 Å². The predicted molar refractivity (Wildman–Crippen MR) is 98.7 cm³/mol. The molecule has 0 fully saturated rings. The Hall–Kier alpha value is -3.77. The monoisotopic (exact) mass is 415 g/mol. The number of rotatable bonds is 10. The third-order valence-corrected chi connectivity index (χ3v) is 3.92. The van der Waals surface area contributed by atoms with E-state index in [-0.39, 0.29) is 24.6 Å². The lowest BCUT2D eigenvalue weighted by Gasteiger charge is -2.07. The quantitative estimate of drug-likeness (QED) is 0.427. The molecule has 0 saturated carbocycles. The van der Waals surface area contributed by atoms with Gasteiger partial charge in [-0.1, -0.05) is 19.9 Å². The summed E-state index contributed by atoms with van der Waals surface area (Å²) in [5, 5.41) is 22.4. The number of aromatic nitrogens is 9. The van der Waals surface area contributed by atoms with Crippen molar-refractivity contribution in [2.24, 2.45) is 0 Å². The summed E-state index contributed by atoms with van der Waals surface area (Å²) in [7, 11) is 0. The molecule has 0 bridgehead atoms. The second kappa shape index (κ2) is 10.1. The summed E-state index contributed by atoms with van der Waals surface area (Å²) in [6.45, 7) is 4.97. The van der Waals surface area contributed by atoms with Crippen molar-refractivity contribution < 1.29 is 19.1 Å². The van der Waals surface area contributed by atoms with Crippen LogP contribution in [-0.4, -0.2) is 57.3 Å². The first kappa shape index (κ1) is 21.0. The average Bonchev–Trinajstić information content (AvgIpc) is 3.40. The SMILES string of the molecule is CCCn1nnnc1COC(=O)c1cccc(C(=O)OCc2nnnn2CCC)n1. The van der Waals surface area contributed by atoms with Gasteiger partial charge in [0.15, 0.2) is 24.9 Å². The fourth-order valence-corrected chi connectivity index (χ4v) is 2.49. The molecule has 13 heteroatoms. The summed E-state index contributed by atoms with van der Waals surface area (Å²) in [6, 6.07) is 4.40. The summed E-state index contributed by atoms with van der Waals surface area (Å²) >= 11 is 0. The number of pyridine rings is 1. The first-order chi connectivity index (χ1) is 14.6. The largest absolute Gasteiger partial charge is 0.453 e. The Morgan fingerprint density at radius 2 is 1.30 bits per heavy atom. The molecule has 0 aromatic carbocycles. The van der Waals surface area contributed by atoms with Crippen LogP contribution in [0.2, 0.25) is 0 Å². The molecule has 13 nitrogen and oxygen atoms in total. The fraction of sp³-hybridized carbons (Fsp3) is 0.471. The van der Waals surface area contributed by atoms with Crippen molar-refractivity contribution >= 4 is 11.9 Å². The summed E-state index contributed by atoms with van der Waals surface area (Å²) in [5.41, 5.74) is -0.0652. The molecule has 0 aliphatic rings. The molecule has 0 aliphatic carbocycles. The minimum atomic E-state index is -0.706. The molecule has 3 aromatic heterocycles. The van der Waals surface area contributed by atoms with Gasteiger partial charge in [-0.15, -0.1) is 10.2 Å². The Kier molecular flexibility index (Phi) is 7.08. The standard InChI is InChI=1S/C17H21N9O4/c1-3-8-25-14(19-21-23-25)10-29-16(27)12-6-5-7-13(18-12)17(28)30-11-15-20-22-24-26(15)9-4-2/h5-7H,3-4,8-11H2,1-2H3. The Morgan fingerprint density at radius 3 is 1.73 bits per heavy atom. The number of nitrogens with zero attached hydrogens (tertiary/aromatic N) is 9.